The molecule has 1 aromatic heterocycles. The van der Waals surface area contributed by atoms with Crippen molar-refractivity contribution in [1.29, 1.82) is 0 Å². The number of rotatable bonds is 6. The summed E-state index contributed by atoms with van der Waals surface area (Å²) in [7, 11) is 3.53. The van der Waals surface area contributed by atoms with E-state index in [1.807, 2.05) is 14.0 Å². The highest BCUT2D eigenvalue weighted by Gasteiger charge is 2.29. The first-order valence-electron chi connectivity index (χ1n) is 7.76. The Bertz CT molecular complexity index is 461. The van der Waals surface area contributed by atoms with Crippen LogP contribution in [0.15, 0.2) is 0 Å². The fourth-order valence-corrected chi connectivity index (χ4v) is 3.47. The van der Waals surface area contributed by atoms with Crippen LogP contribution in [-0.4, -0.2) is 41.2 Å². The molecule has 4 N–H and O–H groups in total. The molecule has 6 heteroatoms. The second-order valence-corrected chi connectivity index (χ2v) is 5.92. The molecule has 21 heavy (non-hydrogen) atoms. The van der Waals surface area contributed by atoms with Gasteiger partial charge >= 0.3 is 0 Å². The number of methoxy groups -OCH3 is 1. The Hall–Kier alpha value is -1.11. The maximum Gasteiger partial charge on any atom is 0.216 e. The van der Waals surface area contributed by atoms with Crippen LogP contribution in [0.5, 0.6) is 5.88 Å². The van der Waals surface area contributed by atoms with Gasteiger partial charge in [-0.15, -0.1) is 0 Å². The molecule has 0 radical (unpaired) electrons. The number of aliphatic hydroxyl groups excluding tert-OH is 1. The van der Waals surface area contributed by atoms with Gasteiger partial charge in [-0.1, -0.05) is 12.8 Å². The molecule has 1 aliphatic rings. The highest BCUT2D eigenvalue weighted by atomic mass is 16.5. The molecule has 0 aliphatic heterocycles. The third-order valence-corrected chi connectivity index (χ3v) is 4.55. The van der Waals surface area contributed by atoms with E-state index in [4.69, 9.17) is 10.5 Å². The molecule has 0 saturated heterocycles. The first-order chi connectivity index (χ1) is 10.1. The average Bonchev–Trinajstić information content (AvgIpc) is 2.78. The van der Waals surface area contributed by atoms with Gasteiger partial charge in [0, 0.05) is 26.2 Å². The van der Waals surface area contributed by atoms with Gasteiger partial charge in [0.05, 0.1) is 24.4 Å². The molecule has 1 heterocycles. The fourth-order valence-electron chi connectivity index (χ4n) is 3.47. The quantitative estimate of drug-likeness (QED) is 0.725. The third-order valence-electron chi connectivity index (χ3n) is 4.55. The number of hydrogen-bond donors (Lipinski definition) is 3. The van der Waals surface area contributed by atoms with E-state index >= 15 is 0 Å². The van der Waals surface area contributed by atoms with Gasteiger partial charge < -0.3 is 20.9 Å². The van der Waals surface area contributed by atoms with E-state index in [1.54, 1.807) is 11.8 Å². The number of aryl methyl sites for hydroxylation is 2. The van der Waals surface area contributed by atoms with E-state index in [0.717, 1.165) is 30.0 Å². The van der Waals surface area contributed by atoms with Crippen LogP contribution in [0.2, 0.25) is 0 Å². The molecule has 0 aromatic carbocycles. The lowest BCUT2D eigenvalue weighted by molar-refractivity contribution is 0.146. The van der Waals surface area contributed by atoms with Gasteiger partial charge in [-0.2, -0.15) is 5.10 Å². The summed E-state index contributed by atoms with van der Waals surface area (Å²) in [6.07, 6.45) is 4.57. The number of aromatic nitrogens is 2. The number of nitrogens with two attached hydrogens (primary N) is 1. The van der Waals surface area contributed by atoms with E-state index in [2.05, 4.69) is 10.4 Å². The van der Waals surface area contributed by atoms with Crippen molar-refractivity contribution in [1.82, 2.24) is 15.1 Å². The Kier molecular flexibility index (Phi) is 5.61. The molecule has 3 unspecified atom stereocenters. The van der Waals surface area contributed by atoms with Crippen molar-refractivity contribution < 1.29 is 9.84 Å². The fraction of sp³-hybridized carbons (Fsp3) is 0.800. The van der Waals surface area contributed by atoms with E-state index in [1.165, 1.54) is 12.8 Å². The van der Waals surface area contributed by atoms with E-state index in [9.17, 15) is 5.11 Å². The van der Waals surface area contributed by atoms with E-state index in [-0.39, 0.29) is 12.6 Å². The summed E-state index contributed by atoms with van der Waals surface area (Å²) >= 11 is 0. The van der Waals surface area contributed by atoms with Crippen molar-refractivity contribution in [3.05, 3.63) is 11.3 Å². The van der Waals surface area contributed by atoms with Crippen molar-refractivity contribution >= 4 is 0 Å². The second-order valence-electron chi connectivity index (χ2n) is 5.92. The molecule has 1 fully saturated rings. The molecule has 1 saturated carbocycles. The maximum atomic E-state index is 9.56. The summed E-state index contributed by atoms with van der Waals surface area (Å²) in [6.45, 7) is 2.70. The first kappa shape index (κ1) is 16.3. The van der Waals surface area contributed by atoms with Crippen LogP contribution < -0.4 is 15.8 Å². The second kappa shape index (κ2) is 7.24. The monoisotopic (exact) mass is 296 g/mol. The summed E-state index contributed by atoms with van der Waals surface area (Å²) in [5.41, 5.74) is 7.96. The maximum absolute atomic E-state index is 9.56. The summed E-state index contributed by atoms with van der Waals surface area (Å²) < 4.78 is 7.23. The van der Waals surface area contributed by atoms with Crippen LogP contribution in [-0.2, 0) is 7.05 Å². The zero-order chi connectivity index (χ0) is 15.4. The molecular formula is C15H28N4O2. The molecule has 1 aromatic rings. The van der Waals surface area contributed by atoms with Crippen LogP contribution in [0, 0.1) is 12.8 Å². The minimum atomic E-state index is 0.00537. The van der Waals surface area contributed by atoms with Crippen LogP contribution >= 0.6 is 0 Å². The molecule has 0 amide bonds. The topological polar surface area (TPSA) is 85.3 Å². The first-order valence-corrected chi connectivity index (χ1v) is 7.76. The zero-order valence-electron chi connectivity index (χ0n) is 13.3. The summed E-state index contributed by atoms with van der Waals surface area (Å²) in [5.74, 6) is 1.07. The Morgan fingerprint density at radius 2 is 2.19 bits per heavy atom. The predicted molar refractivity (Wildman–Crippen MR) is 82.3 cm³/mol. The van der Waals surface area contributed by atoms with Crippen LogP contribution in [0.3, 0.4) is 0 Å². The van der Waals surface area contributed by atoms with Crippen molar-refractivity contribution in [2.75, 3.05) is 20.3 Å². The Labute approximate surface area is 126 Å². The number of nitrogens with one attached hydrogen (secondary N) is 1. The van der Waals surface area contributed by atoms with Crippen LogP contribution in [0.1, 0.15) is 43.0 Å². The lowest BCUT2D eigenvalue weighted by atomic mass is 9.84. The normalized spacial score (nSPS) is 24.0. The van der Waals surface area contributed by atoms with Crippen molar-refractivity contribution in [2.24, 2.45) is 18.7 Å². The van der Waals surface area contributed by atoms with Gasteiger partial charge in [0.15, 0.2) is 0 Å². The van der Waals surface area contributed by atoms with E-state index < -0.39 is 0 Å². The molecule has 120 valence electrons. The molecule has 0 bridgehead atoms. The summed E-state index contributed by atoms with van der Waals surface area (Å²) in [6, 6.07) is 0.312. The van der Waals surface area contributed by atoms with Gasteiger partial charge in [-0.25, -0.2) is 4.68 Å². The zero-order valence-corrected chi connectivity index (χ0v) is 13.3. The highest BCUT2D eigenvalue weighted by molar-refractivity contribution is 5.34. The summed E-state index contributed by atoms with van der Waals surface area (Å²) in [4.78, 5) is 0. The Morgan fingerprint density at radius 3 is 2.81 bits per heavy atom. The van der Waals surface area contributed by atoms with Gasteiger partial charge in [0.25, 0.3) is 0 Å². The lowest BCUT2D eigenvalue weighted by Crippen LogP contribution is -2.44. The largest absolute Gasteiger partial charge is 0.481 e. The molecule has 6 nitrogen and oxygen atoms in total. The summed E-state index contributed by atoms with van der Waals surface area (Å²) in [5, 5.41) is 17.6. The smallest absolute Gasteiger partial charge is 0.216 e. The van der Waals surface area contributed by atoms with Crippen molar-refractivity contribution in [2.45, 2.75) is 44.7 Å². The predicted octanol–water partition coefficient (Wildman–Crippen LogP) is 0.878. The van der Waals surface area contributed by atoms with Crippen molar-refractivity contribution in [3.63, 3.8) is 0 Å². The lowest BCUT2D eigenvalue weighted by Gasteiger charge is -2.34. The highest BCUT2D eigenvalue weighted by Crippen LogP contribution is 2.31. The molecule has 3 atom stereocenters. The third kappa shape index (κ3) is 3.39. The molecule has 0 spiro atoms. The standard InChI is InChI=1S/C15H28N4O2/c1-10-14(15(21-3)19(2)18-10)13(8-16)17-12-7-5-4-6-11(12)9-20/h11-13,17,20H,4-9,16H2,1-3H3. The van der Waals surface area contributed by atoms with Crippen molar-refractivity contribution in [3.8, 4) is 5.88 Å². The molecular weight excluding hydrogens is 268 g/mol. The molecule has 1 aliphatic carbocycles. The minimum absolute atomic E-state index is 0.00537. The Balaban J connectivity index is 2.19. The minimum Gasteiger partial charge on any atom is -0.481 e. The van der Waals surface area contributed by atoms with Gasteiger partial charge in [0.1, 0.15) is 0 Å². The van der Waals surface area contributed by atoms with Crippen LogP contribution in [0.4, 0.5) is 0 Å². The van der Waals surface area contributed by atoms with E-state index in [0.29, 0.717) is 18.5 Å². The number of aliphatic hydroxyl groups is 1. The number of hydrogen-bond acceptors (Lipinski definition) is 5. The SMILES string of the molecule is COc1c(C(CN)NC2CCCCC2CO)c(C)nn1C. The number of nitrogens with zero attached hydrogens (tertiary/aromatic N) is 2. The van der Waals surface area contributed by atoms with Gasteiger partial charge in [-0.3, -0.25) is 0 Å². The van der Waals surface area contributed by atoms with Crippen LogP contribution in [0.25, 0.3) is 0 Å². The van der Waals surface area contributed by atoms with Gasteiger partial charge in [0.2, 0.25) is 5.88 Å². The average molecular weight is 296 g/mol. The molecule has 2 rings (SSSR count). The number of ether oxygens (including phenoxy) is 1. The Morgan fingerprint density at radius 1 is 1.48 bits per heavy atom. The van der Waals surface area contributed by atoms with Gasteiger partial charge in [-0.05, 0) is 25.7 Å².